The van der Waals surface area contributed by atoms with Gasteiger partial charge >= 0.3 is 0 Å². The highest BCUT2D eigenvalue weighted by atomic mass is 32.2. The van der Waals surface area contributed by atoms with Crippen LogP contribution in [0, 0.1) is 5.92 Å². The van der Waals surface area contributed by atoms with E-state index in [9.17, 15) is 4.21 Å². The lowest BCUT2D eigenvalue weighted by Gasteiger charge is -2.06. The molecule has 0 bridgehead atoms. The summed E-state index contributed by atoms with van der Waals surface area (Å²) in [5.74, 6) is 2.80. The van der Waals surface area contributed by atoms with Crippen LogP contribution in [0.3, 0.4) is 0 Å². The Labute approximate surface area is 173 Å². The van der Waals surface area contributed by atoms with E-state index in [1.54, 1.807) is 14.2 Å². The first-order chi connectivity index (χ1) is 14.2. The first-order valence-corrected chi connectivity index (χ1v) is 11.3. The molecule has 0 spiro atoms. The van der Waals surface area contributed by atoms with Gasteiger partial charge in [0.2, 0.25) is 0 Å². The summed E-state index contributed by atoms with van der Waals surface area (Å²) in [6, 6.07) is 15.6. The smallest absolute Gasteiger partial charge is 0.197 e. The molecule has 0 radical (unpaired) electrons. The summed E-state index contributed by atoms with van der Waals surface area (Å²) < 4.78 is 23.6. The minimum Gasteiger partial charge on any atom is -0.497 e. The van der Waals surface area contributed by atoms with Gasteiger partial charge in [-0.05, 0) is 67.3 Å². The maximum absolute atomic E-state index is 13.0. The molecule has 29 heavy (non-hydrogen) atoms. The summed E-state index contributed by atoms with van der Waals surface area (Å²) in [5, 5.41) is 0.550. The summed E-state index contributed by atoms with van der Waals surface area (Å²) >= 11 is 0. The lowest BCUT2D eigenvalue weighted by Crippen LogP contribution is -2.09. The van der Waals surface area contributed by atoms with Crippen LogP contribution in [-0.2, 0) is 10.8 Å². The molecule has 5 nitrogen and oxygen atoms in total. The van der Waals surface area contributed by atoms with Crippen LogP contribution in [0.4, 0.5) is 0 Å². The van der Waals surface area contributed by atoms with E-state index in [1.807, 2.05) is 48.5 Å². The van der Waals surface area contributed by atoms with Gasteiger partial charge < -0.3 is 14.5 Å². The number of methoxy groups -OCH3 is 2. The van der Waals surface area contributed by atoms with Crippen LogP contribution in [0.5, 0.6) is 11.5 Å². The van der Waals surface area contributed by atoms with E-state index in [-0.39, 0.29) is 0 Å². The van der Waals surface area contributed by atoms with Crippen LogP contribution in [0.25, 0.3) is 22.5 Å². The third-order valence-corrected chi connectivity index (χ3v) is 6.90. The number of aromatic amines is 1. The summed E-state index contributed by atoms with van der Waals surface area (Å²) in [6.45, 7) is 0. The first kappa shape index (κ1) is 19.7. The van der Waals surface area contributed by atoms with Gasteiger partial charge in [-0.25, -0.2) is 4.98 Å². The molecule has 1 aromatic heterocycles. The molecule has 1 aliphatic rings. The molecule has 1 atom stereocenters. The Morgan fingerprint density at radius 1 is 0.931 bits per heavy atom. The Kier molecular flexibility index (Phi) is 6.00. The number of imidazole rings is 1. The fourth-order valence-electron chi connectivity index (χ4n) is 3.85. The molecule has 1 aliphatic carbocycles. The third-order valence-electron chi connectivity index (χ3n) is 5.50. The zero-order valence-electron chi connectivity index (χ0n) is 16.8. The van der Waals surface area contributed by atoms with Gasteiger partial charge in [0.05, 0.1) is 36.4 Å². The normalized spacial score (nSPS) is 15.4. The van der Waals surface area contributed by atoms with Crippen molar-refractivity contribution < 1.29 is 13.7 Å². The van der Waals surface area contributed by atoms with Crippen molar-refractivity contribution in [1.29, 1.82) is 0 Å². The second-order valence-electron chi connectivity index (χ2n) is 7.39. The quantitative estimate of drug-likeness (QED) is 0.591. The second-order valence-corrected chi connectivity index (χ2v) is 8.80. The molecule has 2 aromatic carbocycles. The van der Waals surface area contributed by atoms with Crippen molar-refractivity contribution in [2.75, 3.05) is 20.0 Å². The van der Waals surface area contributed by atoms with Crippen LogP contribution < -0.4 is 9.47 Å². The molecule has 1 heterocycles. The first-order valence-electron chi connectivity index (χ1n) is 9.95. The van der Waals surface area contributed by atoms with Crippen LogP contribution in [0.15, 0.2) is 53.7 Å². The zero-order chi connectivity index (χ0) is 20.2. The summed E-state index contributed by atoms with van der Waals surface area (Å²) in [6.07, 6.45) is 4.83. The number of rotatable bonds is 7. The van der Waals surface area contributed by atoms with Crippen molar-refractivity contribution in [1.82, 2.24) is 9.97 Å². The van der Waals surface area contributed by atoms with E-state index in [2.05, 4.69) is 4.98 Å². The Morgan fingerprint density at radius 2 is 1.48 bits per heavy atom. The number of ether oxygens (including phenoxy) is 2. The minimum absolute atomic E-state index is 0.537. The van der Waals surface area contributed by atoms with E-state index < -0.39 is 10.8 Å². The highest BCUT2D eigenvalue weighted by Crippen LogP contribution is 2.33. The Balaban J connectivity index is 1.71. The number of hydrogen-bond acceptors (Lipinski definition) is 4. The SMILES string of the molecule is COc1ccc(-c2nc(S(=O)CC3CCCC3)[nH]c2-c2ccc(OC)cc2)cc1. The lowest BCUT2D eigenvalue weighted by atomic mass is 10.0. The third kappa shape index (κ3) is 4.37. The molecule has 6 heteroatoms. The van der Waals surface area contributed by atoms with Crippen molar-refractivity contribution >= 4 is 10.8 Å². The van der Waals surface area contributed by atoms with Gasteiger partial charge in [-0.2, -0.15) is 0 Å². The number of benzene rings is 2. The monoisotopic (exact) mass is 410 g/mol. The number of nitrogens with one attached hydrogen (secondary N) is 1. The topological polar surface area (TPSA) is 64.2 Å². The molecular weight excluding hydrogens is 384 g/mol. The molecule has 0 saturated heterocycles. The van der Waals surface area contributed by atoms with E-state index in [4.69, 9.17) is 14.5 Å². The summed E-state index contributed by atoms with van der Waals surface area (Å²) in [4.78, 5) is 8.12. The van der Waals surface area contributed by atoms with Crippen LogP contribution in [0.2, 0.25) is 0 Å². The fourth-order valence-corrected chi connectivity index (χ4v) is 5.18. The van der Waals surface area contributed by atoms with Crippen LogP contribution >= 0.6 is 0 Å². The minimum atomic E-state index is -1.14. The average Bonchev–Trinajstić information content (AvgIpc) is 3.44. The summed E-state index contributed by atoms with van der Waals surface area (Å²) in [7, 11) is 2.16. The molecule has 1 saturated carbocycles. The largest absolute Gasteiger partial charge is 0.497 e. The molecule has 1 N–H and O–H groups in total. The Hall–Kier alpha value is -2.60. The van der Waals surface area contributed by atoms with Gasteiger partial charge in [0, 0.05) is 16.9 Å². The number of H-pyrrole nitrogens is 1. The number of aromatic nitrogens is 2. The van der Waals surface area contributed by atoms with Crippen LogP contribution in [0.1, 0.15) is 25.7 Å². The second kappa shape index (κ2) is 8.82. The van der Waals surface area contributed by atoms with Crippen molar-refractivity contribution in [2.24, 2.45) is 5.92 Å². The highest BCUT2D eigenvalue weighted by Gasteiger charge is 2.22. The van der Waals surface area contributed by atoms with Crippen LogP contribution in [-0.4, -0.2) is 34.1 Å². The van der Waals surface area contributed by atoms with Crippen molar-refractivity contribution in [3.8, 4) is 34.0 Å². The van der Waals surface area contributed by atoms with E-state index in [1.165, 1.54) is 25.7 Å². The molecule has 4 rings (SSSR count). The lowest BCUT2D eigenvalue weighted by molar-refractivity contribution is 0.414. The predicted molar refractivity (Wildman–Crippen MR) is 116 cm³/mol. The van der Waals surface area contributed by atoms with Gasteiger partial charge in [0.25, 0.3) is 0 Å². The summed E-state index contributed by atoms with van der Waals surface area (Å²) in [5.41, 5.74) is 3.60. The maximum Gasteiger partial charge on any atom is 0.197 e. The number of nitrogens with zero attached hydrogens (tertiary/aromatic N) is 1. The maximum atomic E-state index is 13.0. The molecule has 0 amide bonds. The van der Waals surface area contributed by atoms with Crippen molar-refractivity contribution in [3.63, 3.8) is 0 Å². The van der Waals surface area contributed by atoms with Gasteiger partial charge in [-0.3, -0.25) is 4.21 Å². The van der Waals surface area contributed by atoms with E-state index in [0.29, 0.717) is 16.8 Å². The zero-order valence-corrected chi connectivity index (χ0v) is 17.6. The molecule has 1 unspecified atom stereocenters. The average molecular weight is 411 g/mol. The predicted octanol–water partition coefficient (Wildman–Crippen LogP) is 5.06. The Bertz CT molecular complexity index is 909. The fraction of sp³-hybridized carbons (Fsp3) is 0.348. The molecule has 152 valence electrons. The van der Waals surface area contributed by atoms with Gasteiger partial charge in [0.15, 0.2) is 5.16 Å². The van der Waals surface area contributed by atoms with Gasteiger partial charge in [-0.15, -0.1) is 0 Å². The number of hydrogen-bond donors (Lipinski definition) is 1. The van der Waals surface area contributed by atoms with Gasteiger partial charge in [-0.1, -0.05) is 12.8 Å². The highest BCUT2D eigenvalue weighted by molar-refractivity contribution is 7.84. The molecule has 1 fully saturated rings. The molecular formula is C23H26N2O3S. The Morgan fingerprint density at radius 3 is 2.03 bits per heavy atom. The molecule has 3 aromatic rings. The van der Waals surface area contributed by atoms with Crippen molar-refractivity contribution in [3.05, 3.63) is 48.5 Å². The van der Waals surface area contributed by atoms with Crippen molar-refractivity contribution in [2.45, 2.75) is 30.8 Å². The van der Waals surface area contributed by atoms with E-state index in [0.717, 1.165) is 34.0 Å². The standard InChI is InChI=1S/C23H26N2O3S/c1-27-19-11-7-17(8-12-19)21-22(18-9-13-20(28-2)14-10-18)25-23(24-21)29(26)15-16-5-3-4-6-16/h7-14,16H,3-6,15H2,1-2H3,(H,24,25). The van der Waals surface area contributed by atoms with E-state index >= 15 is 0 Å². The molecule has 0 aliphatic heterocycles. The van der Waals surface area contributed by atoms with Gasteiger partial charge in [0.1, 0.15) is 11.5 Å².